The second-order valence-electron chi connectivity index (χ2n) is 5.24. The lowest BCUT2D eigenvalue weighted by molar-refractivity contribution is 0.322. The van der Waals surface area contributed by atoms with Crippen LogP contribution in [-0.4, -0.2) is 11.6 Å². The Hall–Kier alpha value is -1.84. The maximum Gasteiger partial charge on any atom is 0.167 e. The number of hydrogen-bond donors (Lipinski definition) is 1. The number of rotatable bonds is 2. The first-order valence-electron chi connectivity index (χ1n) is 7.24. The summed E-state index contributed by atoms with van der Waals surface area (Å²) in [5.41, 5.74) is 9.86. The van der Waals surface area contributed by atoms with Crippen molar-refractivity contribution < 1.29 is 9.13 Å². The van der Waals surface area contributed by atoms with Gasteiger partial charge in [0.05, 0.1) is 12.1 Å². The summed E-state index contributed by atoms with van der Waals surface area (Å²) in [6, 6.07) is 3.11. The number of nitrogens with zero attached hydrogens (tertiary/aromatic N) is 1. The van der Waals surface area contributed by atoms with Crippen LogP contribution in [0, 0.1) is 5.82 Å². The molecule has 4 heteroatoms. The summed E-state index contributed by atoms with van der Waals surface area (Å²) in [6.07, 6.45) is 5.37. The van der Waals surface area contributed by atoms with Crippen molar-refractivity contribution in [1.82, 2.24) is 4.98 Å². The van der Waals surface area contributed by atoms with Gasteiger partial charge >= 0.3 is 0 Å². The summed E-state index contributed by atoms with van der Waals surface area (Å²) in [5.74, 6) is -0.123. The zero-order chi connectivity index (χ0) is 14.1. The van der Waals surface area contributed by atoms with E-state index in [2.05, 4.69) is 4.98 Å². The van der Waals surface area contributed by atoms with E-state index in [0.29, 0.717) is 12.1 Å². The van der Waals surface area contributed by atoms with Crippen LogP contribution < -0.4 is 10.5 Å². The van der Waals surface area contributed by atoms with Crippen LogP contribution in [0.1, 0.15) is 37.4 Å². The number of aryl methyl sites for hydroxylation is 1. The van der Waals surface area contributed by atoms with Crippen LogP contribution >= 0.6 is 0 Å². The van der Waals surface area contributed by atoms with E-state index < -0.39 is 0 Å². The Bertz CT molecular complexity index is 655. The molecule has 2 N–H and O–H groups in total. The number of hydrogen-bond acceptors (Lipinski definition) is 3. The van der Waals surface area contributed by atoms with Crippen LogP contribution in [0.25, 0.3) is 10.9 Å². The third-order valence-electron chi connectivity index (χ3n) is 3.91. The van der Waals surface area contributed by atoms with Crippen molar-refractivity contribution >= 4 is 16.6 Å². The minimum absolute atomic E-state index is 0.252. The Kier molecular flexibility index (Phi) is 3.47. The van der Waals surface area contributed by atoms with E-state index in [4.69, 9.17) is 10.5 Å². The topological polar surface area (TPSA) is 48.1 Å². The zero-order valence-corrected chi connectivity index (χ0v) is 11.7. The number of pyridine rings is 1. The lowest BCUT2D eigenvalue weighted by Crippen LogP contribution is -2.04. The van der Waals surface area contributed by atoms with Gasteiger partial charge in [-0.25, -0.2) is 4.39 Å². The Morgan fingerprint density at radius 3 is 2.85 bits per heavy atom. The molecule has 20 heavy (non-hydrogen) atoms. The molecule has 106 valence electrons. The molecule has 0 radical (unpaired) electrons. The van der Waals surface area contributed by atoms with Gasteiger partial charge in [0.2, 0.25) is 0 Å². The molecule has 0 saturated carbocycles. The van der Waals surface area contributed by atoms with Crippen molar-refractivity contribution in [2.24, 2.45) is 0 Å². The highest BCUT2D eigenvalue weighted by molar-refractivity contribution is 5.93. The molecule has 0 unspecified atom stereocenters. The number of fused-ring (bicyclic) bond motifs is 2. The molecule has 2 aromatic rings. The summed E-state index contributed by atoms with van der Waals surface area (Å²) in [4.78, 5) is 4.62. The van der Waals surface area contributed by atoms with Gasteiger partial charge in [0, 0.05) is 22.8 Å². The molecule has 0 bridgehead atoms. The lowest BCUT2D eigenvalue weighted by Gasteiger charge is -2.13. The lowest BCUT2D eigenvalue weighted by atomic mass is 10.0. The van der Waals surface area contributed by atoms with Crippen molar-refractivity contribution in [3.63, 3.8) is 0 Å². The van der Waals surface area contributed by atoms with E-state index in [0.717, 1.165) is 48.0 Å². The predicted molar refractivity (Wildman–Crippen MR) is 78.5 cm³/mol. The molecular weight excluding hydrogens is 255 g/mol. The molecule has 1 aliphatic rings. The normalized spacial score (nSPS) is 14.9. The average molecular weight is 274 g/mol. The zero-order valence-electron chi connectivity index (χ0n) is 11.7. The van der Waals surface area contributed by atoms with Crippen LogP contribution in [0.5, 0.6) is 5.75 Å². The van der Waals surface area contributed by atoms with E-state index in [1.807, 2.05) is 6.92 Å². The Morgan fingerprint density at radius 1 is 1.25 bits per heavy atom. The van der Waals surface area contributed by atoms with Gasteiger partial charge in [-0.15, -0.1) is 0 Å². The van der Waals surface area contributed by atoms with Gasteiger partial charge in [-0.1, -0.05) is 6.42 Å². The Morgan fingerprint density at radius 2 is 2.05 bits per heavy atom. The monoisotopic (exact) mass is 274 g/mol. The molecule has 0 aliphatic heterocycles. The molecule has 1 heterocycles. The van der Waals surface area contributed by atoms with Gasteiger partial charge in [-0.2, -0.15) is 0 Å². The summed E-state index contributed by atoms with van der Waals surface area (Å²) in [7, 11) is 0. The van der Waals surface area contributed by atoms with Gasteiger partial charge in [0.1, 0.15) is 0 Å². The van der Waals surface area contributed by atoms with E-state index >= 15 is 0 Å². The van der Waals surface area contributed by atoms with Crippen molar-refractivity contribution in [2.45, 2.75) is 39.0 Å². The van der Waals surface area contributed by atoms with E-state index in [1.165, 1.54) is 12.5 Å². The first kappa shape index (κ1) is 13.2. The number of anilines is 1. The van der Waals surface area contributed by atoms with Crippen molar-refractivity contribution in [1.29, 1.82) is 0 Å². The summed E-state index contributed by atoms with van der Waals surface area (Å²) in [5, 5.41) is 0.801. The highest BCUT2D eigenvalue weighted by Crippen LogP contribution is 2.33. The van der Waals surface area contributed by atoms with Gasteiger partial charge in [-0.3, -0.25) is 4.98 Å². The third kappa shape index (κ3) is 2.19. The fourth-order valence-corrected chi connectivity index (χ4v) is 2.90. The maximum atomic E-state index is 13.9. The summed E-state index contributed by atoms with van der Waals surface area (Å²) < 4.78 is 19.3. The maximum absolute atomic E-state index is 13.9. The fourth-order valence-electron chi connectivity index (χ4n) is 2.90. The Labute approximate surface area is 118 Å². The highest BCUT2D eigenvalue weighted by Gasteiger charge is 2.17. The molecule has 1 aromatic heterocycles. The molecule has 3 rings (SSSR count). The molecule has 0 amide bonds. The van der Waals surface area contributed by atoms with Crippen LogP contribution in [0.4, 0.5) is 10.1 Å². The molecule has 0 atom stereocenters. The van der Waals surface area contributed by atoms with Crippen LogP contribution in [0.2, 0.25) is 0 Å². The fraction of sp³-hybridized carbons (Fsp3) is 0.438. The van der Waals surface area contributed by atoms with Gasteiger partial charge in [-0.05, 0) is 44.2 Å². The minimum Gasteiger partial charge on any atom is -0.491 e. The summed E-state index contributed by atoms with van der Waals surface area (Å²) >= 11 is 0. The quantitative estimate of drug-likeness (QED) is 0.851. The summed E-state index contributed by atoms with van der Waals surface area (Å²) in [6.45, 7) is 2.27. The molecular formula is C16H19FN2O. The number of nitrogens with two attached hydrogens (primary N) is 1. The third-order valence-corrected chi connectivity index (χ3v) is 3.91. The van der Waals surface area contributed by atoms with Gasteiger partial charge < -0.3 is 10.5 Å². The van der Waals surface area contributed by atoms with Gasteiger partial charge in [0.15, 0.2) is 11.6 Å². The van der Waals surface area contributed by atoms with E-state index in [1.54, 1.807) is 6.07 Å². The van der Waals surface area contributed by atoms with Crippen LogP contribution in [0.3, 0.4) is 0 Å². The van der Waals surface area contributed by atoms with Gasteiger partial charge in [0.25, 0.3) is 0 Å². The van der Waals surface area contributed by atoms with Crippen molar-refractivity contribution in [3.8, 4) is 5.75 Å². The van der Waals surface area contributed by atoms with Crippen LogP contribution in [-0.2, 0) is 12.8 Å². The molecule has 0 saturated heterocycles. The number of halogens is 1. The number of ether oxygens (including phenoxy) is 1. The minimum atomic E-state index is -0.375. The number of aromatic nitrogens is 1. The van der Waals surface area contributed by atoms with E-state index in [9.17, 15) is 4.39 Å². The SMILES string of the molecule is CCOc1cc2c(N)c3c(nc2cc1F)CCCCC3. The largest absolute Gasteiger partial charge is 0.491 e. The number of nitrogen functional groups attached to an aromatic ring is 1. The number of benzene rings is 1. The molecule has 0 spiro atoms. The smallest absolute Gasteiger partial charge is 0.167 e. The van der Waals surface area contributed by atoms with Crippen LogP contribution in [0.15, 0.2) is 12.1 Å². The second-order valence-corrected chi connectivity index (χ2v) is 5.24. The predicted octanol–water partition coefficient (Wildman–Crippen LogP) is 3.62. The first-order valence-corrected chi connectivity index (χ1v) is 7.24. The molecule has 1 aromatic carbocycles. The molecule has 0 fully saturated rings. The van der Waals surface area contributed by atoms with E-state index in [-0.39, 0.29) is 11.6 Å². The standard InChI is InChI=1S/C16H19FN2O/c1-2-20-15-8-11-14(9-12(15)17)19-13-7-5-3-4-6-10(13)16(11)18/h8-9H,2-7H2,1H3,(H2,18,19). The highest BCUT2D eigenvalue weighted by atomic mass is 19.1. The average Bonchev–Trinajstić information content (AvgIpc) is 2.66. The second kappa shape index (κ2) is 5.27. The van der Waals surface area contributed by atoms with Crippen molar-refractivity contribution in [3.05, 3.63) is 29.2 Å². The van der Waals surface area contributed by atoms with Crippen molar-refractivity contribution in [2.75, 3.05) is 12.3 Å². The first-order chi connectivity index (χ1) is 9.70. The molecule has 1 aliphatic carbocycles. The molecule has 3 nitrogen and oxygen atoms in total. The Balaban J connectivity index is 2.22.